The van der Waals surface area contributed by atoms with E-state index in [4.69, 9.17) is 9.47 Å². The van der Waals surface area contributed by atoms with Crippen molar-refractivity contribution in [1.29, 1.82) is 0 Å². The highest BCUT2D eigenvalue weighted by atomic mass is 16.5. The summed E-state index contributed by atoms with van der Waals surface area (Å²) in [6.07, 6.45) is 8.04. The van der Waals surface area contributed by atoms with E-state index in [9.17, 15) is 0 Å². The van der Waals surface area contributed by atoms with Crippen LogP contribution in [0.5, 0.6) is 5.75 Å². The van der Waals surface area contributed by atoms with Crippen LogP contribution >= 0.6 is 0 Å². The quantitative estimate of drug-likeness (QED) is 0.711. The van der Waals surface area contributed by atoms with E-state index in [1.807, 2.05) is 6.20 Å². The first-order chi connectivity index (χ1) is 14.8. The van der Waals surface area contributed by atoms with Crippen LogP contribution in [0.3, 0.4) is 0 Å². The Kier molecular flexibility index (Phi) is 6.07. The molecule has 0 radical (unpaired) electrons. The number of nitrogens with one attached hydrogen (secondary N) is 1. The first-order valence-electron chi connectivity index (χ1n) is 11.6. The number of morpholine rings is 1. The van der Waals surface area contributed by atoms with Gasteiger partial charge in [-0.15, -0.1) is 0 Å². The molecule has 30 heavy (non-hydrogen) atoms. The van der Waals surface area contributed by atoms with Gasteiger partial charge in [0.05, 0.1) is 26.0 Å². The van der Waals surface area contributed by atoms with E-state index in [1.165, 1.54) is 42.5 Å². The minimum absolute atomic E-state index is 0.276. The Morgan fingerprint density at radius 2 is 2.00 bits per heavy atom. The van der Waals surface area contributed by atoms with Gasteiger partial charge in [-0.1, -0.05) is 18.2 Å². The average molecular weight is 411 g/mol. The Labute approximate surface area is 179 Å². The zero-order chi connectivity index (χ0) is 20.2. The molecule has 1 N–H and O–H groups in total. The molecular formula is C24H34N4O2. The van der Waals surface area contributed by atoms with Crippen LogP contribution in [0.1, 0.15) is 42.5 Å². The van der Waals surface area contributed by atoms with Crippen LogP contribution in [-0.4, -0.2) is 72.5 Å². The third-order valence-electron chi connectivity index (χ3n) is 7.12. The number of nitrogens with zero attached hydrogens (tertiary/aromatic N) is 3. The summed E-state index contributed by atoms with van der Waals surface area (Å²) in [7, 11) is 0. The van der Waals surface area contributed by atoms with E-state index >= 15 is 0 Å². The van der Waals surface area contributed by atoms with Crippen LogP contribution in [0.15, 0.2) is 30.5 Å². The number of fused-ring (bicyclic) bond motifs is 2. The standard InChI is InChI=1S/C24H34N4O2/c1-2-6-22(30-14-4-11-27-12-15-29-16-13-27)21(5-1)18-28-10-3-8-24(19-28)9-7-20-17-25-26-23(20)24/h1-2,5-6,17H,3-4,7-16,18-19H2,(H,25,26). The number of likely N-dealkylation sites (tertiary alicyclic amines) is 1. The lowest BCUT2D eigenvalue weighted by Crippen LogP contribution is -2.44. The second-order valence-corrected chi connectivity index (χ2v) is 9.13. The molecule has 0 saturated carbocycles. The molecule has 0 amide bonds. The van der Waals surface area contributed by atoms with E-state index in [-0.39, 0.29) is 5.41 Å². The lowest BCUT2D eigenvalue weighted by Gasteiger charge is -2.40. The number of aryl methyl sites for hydroxylation is 1. The van der Waals surface area contributed by atoms with Gasteiger partial charge >= 0.3 is 0 Å². The molecule has 5 rings (SSSR count). The maximum Gasteiger partial charge on any atom is 0.123 e. The van der Waals surface area contributed by atoms with Gasteiger partial charge in [-0.05, 0) is 50.3 Å². The summed E-state index contributed by atoms with van der Waals surface area (Å²) in [6, 6.07) is 8.59. The smallest absolute Gasteiger partial charge is 0.123 e. The summed E-state index contributed by atoms with van der Waals surface area (Å²) in [6.45, 7) is 8.93. The number of hydrogen-bond donors (Lipinski definition) is 1. The van der Waals surface area contributed by atoms with Gasteiger partial charge in [-0.3, -0.25) is 14.9 Å². The van der Waals surface area contributed by atoms with Crippen LogP contribution in [-0.2, 0) is 23.1 Å². The number of para-hydroxylation sites is 1. The molecule has 2 aromatic rings. The second kappa shape index (κ2) is 9.08. The molecule has 2 fully saturated rings. The molecule has 3 heterocycles. The number of rotatable bonds is 7. The zero-order valence-corrected chi connectivity index (χ0v) is 17.9. The minimum Gasteiger partial charge on any atom is -0.493 e. The Balaban J connectivity index is 1.17. The summed E-state index contributed by atoms with van der Waals surface area (Å²) >= 11 is 0. The Hall–Kier alpha value is -1.89. The monoisotopic (exact) mass is 410 g/mol. The van der Waals surface area contributed by atoms with E-state index in [1.54, 1.807) is 0 Å². The maximum atomic E-state index is 6.23. The fourth-order valence-electron chi connectivity index (χ4n) is 5.54. The van der Waals surface area contributed by atoms with Crippen LogP contribution in [0, 0.1) is 0 Å². The molecule has 3 aliphatic rings. The minimum atomic E-state index is 0.276. The molecular weight excluding hydrogens is 376 g/mol. The molecule has 1 unspecified atom stereocenters. The van der Waals surface area contributed by atoms with Crippen LogP contribution in [0.25, 0.3) is 0 Å². The lowest BCUT2D eigenvalue weighted by molar-refractivity contribution is 0.0357. The first kappa shape index (κ1) is 20.0. The summed E-state index contributed by atoms with van der Waals surface area (Å²) in [5.41, 5.74) is 4.42. The Morgan fingerprint density at radius 3 is 2.93 bits per heavy atom. The second-order valence-electron chi connectivity index (χ2n) is 9.13. The van der Waals surface area contributed by atoms with Crippen molar-refractivity contribution in [3.05, 3.63) is 47.3 Å². The van der Waals surface area contributed by atoms with Crippen molar-refractivity contribution < 1.29 is 9.47 Å². The van der Waals surface area contributed by atoms with Crippen LogP contribution in [0.2, 0.25) is 0 Å². The molecule has 1 spiro atoms. The fourth-order valence-corrected chi connectivity index (χ4v) is 5.54. The van der Waals surface area contributed by atoms with Crippen LogP contribution < -0.4 is 4.74 Å². The summed E-state index contributed by atoms with van der Waals surface area (Å²) in [5, 5.41) is 7.64. The molecule has 2 saturated heterocycles. The SMILES string of the molecule is c1ccc(OCCCN2CCOCC2)c(CN2CCCC3(CCc4cn[nH]c43)C2)c1. The van der Waals surface area contributed by atoms with Gasteiger partial charge in [-0.2, -0.15) is 5.10 Å². The molecule has 162 valence electrons. The van der Waals surface area contributed by atoms with Gasteiger partial charge in [0.15, 0.2) is 0 Å². The van der Waals surface area contributed by atoms with E-state index < -0.39 is 0 Å². The predicted molar refractivity (Wildman–Crippen MR) is 117 cm³/mol. The van der Waals surface area contributed by atoms with E-state index in [0.717, 1.165) is 71.3 Å². The van der Waals surface area contributed by atoms with Crippen molar-refractivity contribution in [2.75, 3.05) is 52.5 Å². The zero-order valence-electron chi connectivity index (χ0n) is 17.9. The van der Waals surface area contributed by atoms with Crippen molar-refractivity contribution in [2.24, 2.45) is 0 Å². The highest BCUT2D eigenvalue weighted by molar-refractivity contribution is 5.35. The van der Waals surface area contributed by atoms with Gasteiger partial charge in [0.2, 0.25) is 0 Å². The summed E-state index contributed by atoms with van der Waals surface area (Å²) in [5.74, 6) is 1.05. The Bertz CT molecular complexity index is 832. The number of H-pyrrole nitrogens is 1. The van der Waals surface area contributed by atoms with Crippen molar-refractivity contribution in [3.63, 3.8) is 0 Å². The van der Waals surface area contributed by atoms with Crippen LogP contribution in [0.4, 0.5) is 0 Å². The number of ether oxygens (including phenoxy) is 2. The third kappa shape index (κ3) is 4.27. The summed E-state index contributed by atoms with van der Waals surface area (Å²) < 4.78 is 11.7. The molecule has 2 aliphatic heterocycles. The van der Waals surface area contributed by atoms with Gasteiger partial charge in [-0.25, -0.2) is 0 Å². The fraction of sp³-hybridized carbons (Fsp3) is 0.625. The van der Waals surface area contributed by atoms with Gasteiger partial charge in [0.1, 0.15) is 5.75 Å². The third-order valence-corrected chi connectivity index (χ3v) is 7.12. The molecule has 1 aliphatic carbocycles. The molecule has 6 nitrogen and oxygen atoms in total. The number of aromatic nitrogens is 2. The maximum absolute atomic E-state index is 6.23. The molecule has 1 aromatic heterocycles. The Morgan fingerprint density at radius 1 is 1.10 bits per heavy atom. The predicted octanol–water partition coefficient (Wildman–Crippen LogP) is 2.99. The summed E-state index contributed by atoms with van der Waals surface area (Å²) in [4.78, 5) is 5.09. The molecule has 6 heteroatoms. The highest BCUT2D eigenvalue weighted by Crippen LogP contribution is 2.44. The van der Waals surface area contributed by atoms with Gasteiger partial charge < -0.3 is 9.47 Å². The van der Waals surface area contributed by atoms with Crippen molar-refractivity contribution >= 4 is 0 Å². The number of piperidine rings is 1. The van der Waals surface area contributed by atoms with E-state index in [0.29, 0.717) is 0 Å². The highest BCUT2D eigenvalue weighted by Gasteiger charge is 2.43. The number of hydrogen-bond acceptors (Lipinski definition) is 5. The lowest BCUT2D eigenvalue weighted by atomic mass is 9.77. The largest absolute Gasteiger partial charge is 0.493 e. The number of aromatic amines is 1. The average Bonchev–Trinajstić information content (AvgIpc) is 3.38. The first-order valence-corrected chi connectivity index (χ1v) is 11.6. The van der Waals surface area contributed by atoms with E-state index in [2.05, 4.69) is 44.3 Å². The molecule has 1 aromatic carbocycles. The van der Waals surface area contributed by atoms with Crippen molar-refractivity contribution in [2.45, 2.75) is 44.1 Å². The molecule has 1 atom stereocenters. The van der Waals surface area contributed by atoms with Gasteiger partial charge in [0, 0.05) is 49.4 Å². The normalized spacial score (nSPS) is 24.9. The van der Waals surface area contributed by atoms with Crippen molar-refractivity contribution in [3.8, 4) is 5.75 Å². The topological polar surface area (TPSA) is 53.6 Å². The number of benzene rings is 1. The molecule has 0 bridgehead atoms. The van der Waals surface area contributed by atoms with Crippen molar-refractivity contribution in [1.82, 2.24) is 20.0 Å². The van der Waals surface area contributed by atoms with Gasteiger partial charge in [0.25, 0.3) is 0 Å².